The fraction of sp³-hybridized carbons (Fsp3) is 0. The van der Waals surface area contributed by atoms with Crippen molar-refractivity contribution in [1.29, 1.82) is 0 Å². The van der Waals surface area contributed by atoms with Crippen LogP contribution in [0.3, 0.4) is 0 Å². The van der Waals surface area contributed by atoms with Crippen LogP contribution < -0.4 is 27.3 Å². The molecule has 2 aromatic heterocycles. The minimum atomic E-state index is -1.48. The van der Waals surface area contributed by atoms with Gasteiger partial charge in [-0.2, -0.15) is 0 Å². The first kappa shape index (κ1) is 68.7. The lowest BCUT2D eigenvalue weighted by atomic mass is 9.77. The van der Waals surface area contributed by atoms with Crippen molar-refractivity contribution in [3.63, 3.8) is 0 Å². The first-order chi connectivity index (χ1) is 45.5. The lowest BCUT2D eigenvalue weighted by Crippen LogP contribution is -2.29. The van der Waals surface area contributed by atoms with Gasteiger partial charge in [0, 0.05) is 32.9 Å². The van der Waals surface area contributed by atoms with Crippen molar-refractivity contribution in [2.24, 2.45) is 0 Å². The van der Waals surface area contributed by atoms with E-state index in [1.165, 1.54) is 27.4 Å². The molecule has 0 saturated heterocycles. The standard InChI is InChI=1S/C18H14BNO2.C18H13BNO.C18H15BO2.C12H11BO2.C12H10BO.2H2O/c21-19(22)13-10-11-18-16(12-13)15-8-4-5-9-17(15)20(18)14-6-2-1-3-7-14;21-19-13-9-11-14(12-10-13)20-17-7-3-1-5-15(17)16-6-2-4-8-18(16)20;20-19(21)18-12-16(14-7-3-1-4-8-14)11-17(13-18)15-9-5-2-6-10-15;14-13(15)12-8-6-11(7-9-12)10-4-2-1-3-5-10;14-13-12-8-6-11(7-9-12)10-4-2-1-3-5-10;;/h1-12,21-22H;1-12,21H;1-13,20-21H;1-9,14-15H;1-9,14H;2*1H2. The minimum Gasteiger partial charge on any atom is -0.450 e. The molecule has 0 aliphatic heterocycles. The molecule has 0 atom stereocenters. The molecule has 0 aliphatic rings. The first-order valence-corrected chi connectivity index (χ1v) is 30.3. The van der Waals surface area contributed by atoms with Crippen molar-refractivity contribution in [3.05, 3.63) is 334 Å². The molecule has 0 saturated carbocycles. The average molecular weight is 1250 g/mol. The molecule has 0 fully saturated rings. The van der Waals surface area contributed by atoms with Gasteiger partial charge < -0.3 is 60.3 Å². The predicted molar refractivity (Wildman–Crippen MR) is 395 cm³/mol. The monoisotopic (exact) mass is 1250 g/mol. The van der Waals surface area contributed by atoms with E-state index in [2.05, 4.69) is 100 Å². The summed E-state index contributed by atoms with van der Waals surface area (Å²) in [6.45, 7) is 0. The van der Waals surface area contributed by atoms with Gasteiger partial charge in [0.15, 0.2) is 0 Å². The Kier molecular flexibility index (Phi) is 24.1. The highest BCUT2D eigenvalue weighted by Crippen LogP contribution is 2.33. The molecular weight excluding hydrogens is 1180 g/mol. The molecule has 15 aromatic rings. The zero-order valence-electron chi connectivity index (χ0n) is 51.6. The van der Waals surface area contributed by atoms with E-state index in [0.717, 1.165) is 98.0 Å². The lowest BCUT2D eigenvalue weighted by molar-refractivity contribution is 0.424. The van der Waals surface area contributed by atoms with Crippen molar-refractivity contribution < 1.29 is 51.1 Å². The van der Waals surface area contributed by atoms with E-state index in [4.69, 9.17) is 20.1 Å². The maximum Gasteiger partial charge on any atom is 0.488 e. The third-order valence-electron chi connectivity index (χ3n) is 15.8. The van der Waals surface area contributed by atoms with Crippen molar-refractivity contribution in [3.8, 4) is 55.9 Å². The van der Waals surface area contributed by atoms with Crippen molar-refractivity contribution >= 4 is 107 Å². The topological polar surface area (TPSA) is 235 Å². The molecular formula is C78H67B5N2O10. The minimum absolute atomic E-state index is 0. The second-order valence-electron chi connectivity index (χ2n) is 21.9. The van der Waals surface area contributed by atoms with Crippen LogP contribution in [0.1, 0.15) is 0 Å². The van der Waals surface area contributed by atoms with Gasteiger partial charge in [0.2, 0.25) is 0 Å². The van der Waals surface area contributed by atoms with E-state index in [0.29, 0.717) is 16.4 Å². The maximum absolute atomic E-state index is 9.52. The van der Waals surface area contributed by atoms with Gasteiger partial charge in [-0.05, 0) is 115 Å². The van der Waals surface area contributed by atoms with Crippen LogP contribution >= 0.6 is 0 Å². The summed E-state index contributed by atoms with van der Waals surface area (Å²) in [4.78, 5) is 0. The Morgan fingerprint density at radius 3 is 0.884 bits per heavy atom. The van der Waals surface area contributed by atoms with E-state index in [9.17, 15) is 20.1 Å². The van der Waals surface area contributed by atoms with Crippen LogP contribution in [-0.4, -0.2) is 96.6 Å². The summed E-state index contributed by atoms with van der Waals surface area (Å²) >= 11 is 0. The van der Waals surface area contributed by atoms with Crippen LogP contribution in [0.25, 0.3) is 99.5 Å². The van der Waals surface area contributed by atoms with E-state index >= 15 is 0 Å². The van der Waals surface area contributed by atoms with E-state index in [1.54, 1.807) is 18.2 Å². The molecule has 0 spiro atoms. The fourth-order valence-electron chi connectivity index (χ4n) is 11.2. The average Bonchev–Trinajstić information content (AvgIpc) is 1.71. The summed E-state index contributed by atoms with van der Waals surface area (Å²) < 4.78 is 4.45. The van der Waals surface area contributed by atoms with Crippen LogP contribution in [0.2, 0.25) is 0 Å². The number of para-hydroxylation sites is 4. The maximum atomic E-state index is 9.52. The molecule has 17 heteroatoms. The smallest absolute Gasteiger partial charge is 0.450 e. The van der Waals surface area contributed by atoms with Crippen LogP contribution in [0.4, 0.5) is 0 Å². The van der Waals surface area contributed by atoms with Gasteiger partial charge in [-0.3, -0.25) is 0 Å². The largest absolute Gasteiger partial charge is 0.488 e. The Bertz CT molecular complexity index is 4730. The number of aromatic nitrogens is 2. The lowest BCUT2D eigenvalue weighted by Gasteiger charge is -2.10. The summed E-state index contributed by atoms with van der Waals surface area (Å²) in [5.74, 6) is 0. The second-order valence-corrected chi connectivity index (χ2v) is 21.9. The zero-order valence-corrected chi connectivity index (χ0v) is 51.6. The first-order valence-electron chi connectivity index (χ1n) is 30.3. The van der Waals surface area contributed by atoms with Gasteiger partial charge in [-0.25, -0.2) is 0 Å². The molecule has 2 heterocycles. The molecule has 13 aromatic carbocycles. The summed E-state index contributed by atoms with van der Waals surface area (Å²) in [6.07, 6.45) is 0. The SMILES string of the molecule is O.O.OB(O)c1cc(-c2ccccc2)cc(-c2ccccc2)c1.OB(O)c1ccc(-c2ccccc2)cc1.OB(O)c1ccc2c(c1)c1ccccc1n2-c1ccccc1.O[B]c1ccc(-c2ccccc2)cc1.O[B]c1ccc(-n2c3ccccc3c3ccccc32)cc1. The van der Waals surface area contributed by atoms with Crippen LogP contribution in [-0.2, 0) is 0 Å². The van der Waals surface area contributed by atoms with E-state index in [-0.39, 0.29) is 11.0 Å². The normalized spacial score (nSPS) is 10.4. The van der Waals surface area contributed by atoms with Crippen molar-refractivity contribution in [1.82, 2.24) is 9.13 Å². The molecule has 0 amide bonds. The highest BCUT2D eigenvalue weighted by Gasteiger charge is 2.18. The van der Waals surface area contributed by atoms with Crippen LogP contribution in [0, 0.1) is 0 Å². The van der Waals surface area contributed by atoms with Gasteiger partial charge in [0.1, 0.15) is 0 Å². The molecule has 464 valence electrons. The van der Waals surface area contributed by atoms with Gasteiger partial charge in [0.25, 0.3) is 0 Å². The van der Waals surface area contributed by atoms with Crippen LogP contribution in [0.15, 0.2) is 334 Å². The number of benzene rings is 13. The highest BCUT2D eigenvalue weighted by molar-refractivity contribution is 6.59. The molecule has 15 rings (SSSR count). The van der Waals surface area contributed by atoms with Crippen molar-refractivity contribution in [2.45, 2.75) is 0 Å². The number of hydrogen-bond acceptors (Lipinski definition) is 8. The van der Waals surface area contributed by atoms with Gasteiger partial charge in [-0.1, -0.05) is 290 Å². The number of nitrogens with zero attached hydrogens (tertiary/aromatic N) is 2. The molecule has 95 heavy (non-hydrogen) atoms. The van der Waals surface area contributed by atoms with Gasteiger partial charge in [-0.15, -0.1) is 0 Å². The number of fused-ring (bicyclic) bond motifs is 6. The number of hydrogen-bond donors (Lipinski definition) is 8. The third-order valence-corrected chi connectivity index (χ3v) is 15.8. The Morgan fingerprint density at radius 2 is 0.505 bits per heavy atom. The molecule has 12 N–H and O–H groups in total. The summed E-state index contributed by atoms with van der Waals surface area (Å²) in [5, 5.41) is 78.3. The summed E-state index contributed by atoms with van der Waals surface area (Å²) in [5.41, 5.74) is 18.5. The van der Waals surface area contributed by atoms with Crippen molar-refractivity contribution in [2.75, 3.05) is 0 Å². The molecule has 2 radical (unpaired) electrons. The summed E-state index contributed by atoms with van der Waals surface area (Å²) in [6, 6.07) is 109. The summed E-state index contributed by atoms with van der Waals surface area (Å²) in [7, 11) is -2.10. The van der Waals surface area contributed by atoms with Gasteiger partial charge in [0.05, 0.1) is 22.1 Å². The Morgan fingerprint density at radius 1 is 0.221 bits per heavy atom. The molecule has 0 unspecified atom stereocenters. The molecule has 0 aliphatic carbocycles. The molecule has 0 bridgehead atoms. The van der Waals surface area contributed by atoms with E-state index in [1.807, 2.05) is 224 Å². The Hall–Kier alpha value is -10.6. The highest BCUT2D eigenvalue weighted by atomic mass is 16.4. The molecule has 12 nitrogen and oxygen atoms in total. The van der Waals surface area contributed by atoms with Crippen LogP contribution in [0.5, 0.6) is 0 Å². The predicted octanol–water partition coefficient (Wildman–Crippen LogP) is 9.16. The zero-order chi connectivity index (χ0) is 64.5. The second kappa shape index (κ2) is 33.3. The Balaban J connectivity index is 0.000000140. The Labute approximate surface area is 554 Å². The van der Waals surface area contributed by atoms with Gasteiger partial charge >= 0.3 is 36.3 Å². The quantitative estimate of drug-likeness (QED) is 0.0580. The van der Waals surface area contributed by atoms with E-state index < -0.39 is 21.4 Å². The fourth-order valence-corrected chi connectivity index (χ4v) is 11.2. The number of rotatable bonds is 11. The third kappa shape index (κ3) is 16.8.